The van der Waals surface area contributed by atoms with Crippen LogP contribution in [-0.2, 0) is 6.42 Å². The van der Waals surface area contributed by atoms with Crippen LogP contribution >= 0.6 is 27.3 Å². The quantitative estimate of drug-likeness (QED) is 0.229. The summed E-state index contributed by atoms with van der Waals surface area (Å²) < 4.78 is 1.08. The second kappa shape index (κ2) is 13.0. The van der Waals surface area contributed by atoms with Gasteiger partial charge in [-0.25, -0.2) is 0 Å². The molecule has 0 spiro atoms. The smallest absolute Gasteiger partial charge is 0.0771 e. The number of allylic oxidation sites excluding steroid dienone is 2. The van der Waals surface area contributed by atoms with E-state index in [0.717, 1.165) is 23.0 Å². The van der Waals surface area contributed by atoms with Crippen molar-refractivity contribution >= 4 is 27.3 Å². The van der Waals surface area contributed by atoms with Gasteiger partial charge in [-0.3, -0.25) is 0 Å². The van der Waals surface area contributed by atoms with Gasteiger partial charge in [0.15, 0.2) is 0 Å². The second-order valence-electron chi connectivity index (χ2n) is 7.78. The Morgan fingerprint density at radius 1 is 1.14 bits per heavy atom. The zero-order valence-corrected chi connectivity index (χ0v) is 19.0. The van der Waals surface area contributed by atoms with E-state index in [4.69, 9.17) is 5.11 Å². The Balaban J connectivity index is 1.79. The number of hydrogen-bond donors (Lipinski definition) is 5. The summed E-state index contributed by atoms with van der Waals surface area (Å²) in [5, 5.41) is 49.0. The van der Waals surface area contributed by atoms with E-state index in [9.17, 15) is 20.4 Å². The second-order valence-corrected chi connectivity index (χ2v) is 10.3. The van der Waals surface area contributed by atoms with Crippen molar-refractivity contribution in [3.8, 4) is 0 Å². The minimum atomic E-state index is -0.655. The van der Waals surface area contributed by atoms with Crippen molar-refractivity contribution in [2.45, 2.75) is 69.4 Å². The first-order valence-electron chi connectivity index (χ1n) is 10.3. The summed E-state index contributed by atoms with van der Waals surface area (Å²) in [4.78, 5) is 1.22. The fraction of sp³-hybridized carbons (Fsp3) is 0.636. The molecule has 1 aromatic rings. The van der Waals surface area contributed by atoms with Crippen molar-refractivity contribution in [3.05, 3.63) is 45.1 Å². The highest BCUT2D eigenvalue weighted by atomic mass is 79.9. The van der Waals surface area contributed by atoms with Gasteiger partial charge in [0, 0.05) is 17.2 Å². The van der Waals surface area contributed by atoms with Gasteiger partial charge in [0.05, 0.1) is 34.8 Å². The van der Waals surface area contributed by atoms with Crippen LogP contribution in [0.15, 0.2) is 40.2 Å². The Morgan fingerprint density at radius 3 is 2.62 bits per heavy atom. The Hall–Kier alpha value is -0.540. The topological polar surface area (TPSA) is 101 Å². The van der Waals surface area contributed by atoms with Crippen LogP contribution in [0.3, 0.4) is 0 Å². The molecule has 1 unspecified atom stereocenters. The van der Waals surface area contributed by atoms with Crippen LogP contribution in [0.5, 0.6) is 0 Å². The molecule has 0 aliphatic heterocycles. The molecule has 2 rings (SSSR count). The van der Waals surface area contributed by atoms with Crippen molar-refractivity contribution in [2.24, 2.45) is 11.8 Å². The summed E-state index contributed by atoms with van der Waals surface area (Å²) >= 11 is 5.11. The SMILES string of the molecule is OCC(O)CCC/C=C\C[C@@H]1[C@@H](C=C[C@@H](O)CCc2ccc(Br)s2)[C@H](O)C[C@@H]1O. The molecule has 6 atom stereocenters. The number of aliphatic hydroxyl groups excluding tert-OH is 5. The van der Waals surface area contributed by atoms with E-state index in [1.807, 2.05) is 24.3 Å². The Labute approximate surface area is 185 Å². The Kier molecular flexibility index (Phi) is 11.1. The van der Waals surface area contributed by atoms with Gasteiger partial charge >= 0.3 is 0 Å². The highest BCUT2D eigenvalue weighted by Crippen LogP contribution is 2.36. The van der Waals surface area contributed by atoms with E-state index in [-0.39, 0.29) is 18.4 Å². The van der Waals surface area contributed by atoms with E-state index in [1.165, 1.54) is 4.88 Å². The summed E-state index contributed by atoms with van der Waals surface area (Å²) in [6, 6.07) is 4.06. The fourth-order valence-electron chi connectivity index (χ4n) is 3.77. The number of rotatable bonds is 12. The molecule has 0 saturated heterocycles. The van der Waals surface area contributed by atoms with Gasteiger partial charge in [0.1, 0.15) is 0 Å². The molecule has 1 aliphatic rings. The Morgan fingerprint density at radius 2 is 1.93 bits per heavy atom. The van der Waals surface area contributed by atoms with Crippen LogP contribution in [0.4, 0.5) is 0 Å². The first kappa shape index (κ1) is 24.7. The minimum absolute atomic E-state index is 0.0685. The maximum atomic E-state index is 10.3. The van der Waals surface area contributed by atoms with Crippen molar-refractivity contribution in [1.29, 1.82) is 0 Å². The third-order valence-electron chi connectivity index (χ3n) is 5.48. The summed E-state index contributed by atoms with van der Waals surface area (Å²) in [5.74, 6) is -0.239. The zero-order valence-electron chi connectivity index (χ0n) is 16.6. The molecule has 0 bridgehead atoms. The van der Waals surface area contributed by atoms with Crippen LogP contribution in [0.1, 0.15) is 43.4 Å². The molecule has 29 heavy (non-hydrogen) atoms. The predicted molar refractivity (Wildman–Crippen MR) is 120 cm³/mol. The number of aryl methyl sites for hydroxylation is 1. The molecule has 7 heteroatoms. The summed E-state index contributed by atoms with van der Waals surface area (Å²) in [6.45, 7) is -0.208. The number of hydrogen-bond acceptors (Lipinski definition) is 6. The van der Waals surface area contributed by atoms with Gasteiger partial charge in [-0.1, -0.05) is 24.3 Å². The number of unbranched alkanes of at least 4 members (excludes halogenated alkanes) is 1. The molecule has 0 radical (unpaired) electrons. The first-order chi connectivity index (χ1) is 13.9. The van der Waals surface area contributed by atoms with Crippen molar-refractivity contribution in [2.75, 3.05) is 6.61 Å². The standard InChI is InChI=1S/C22H33BrO5S/c23-22-12-10-17(29-22)9-7-15(25)8-11-19-18(20(27)13-21(19)28)6-4-2-1-3-5-16(26)14-24/h2,4,8,10-12,15-16,18-21,24-28H,1,3,5-7,9,13-14H2/b4-2-,11-8?/t15-,16?,18+,19+,20-,21+/m0/s1. The maximum absolute atomic E-state index is 10.3. The third-order valence-corrected chi connectivity index (χ3v) is 7.16. The van der Waals surface area contributed by atoms with Gasteiger partial charge < -0.3 is 25.5 Å². The lowest BCUT2D eigenvalue weighted by atomic mass is 9.89. The van der Waals surface area contributed by atoms with Crippen LogP contribution in [0.2, 0.25) is 0 Å². The van der Waals surface area contributed by atoms with Crippen LogP contribution in [0, 0.1) is 11.8 Å². The average Bonchev–Trinajstić information content (AvgIpc) is 3.23. The minimum Gasteiger partial charge on any atom is -0.394 e. The third kappa shape index (κ3) is 8.61. The van der Waals surface area contributed by atoms with Crippen molar-refractivity contribution < 1.29 is 25.5 Å². The number of halogens is 1. The van der Waals surface area contributed by atoms with Crippen molar-refractivity contribution in [1.82, 2.24) is 0 Å². The molecule has 1 fully saturated rings. The fourth-order valence-corrected chi connectivity index (χ4v) is 5.27. The Bertz CT molecular complexity index is 647. The molecular formula is C22H33BrO5S. The highest BCUT2D eigenvalue weighted by Gasteiger charge is 2.39. The number of aliphatic hydroxyl groups is 5. The predicted octanol–water partition coefficient (Wildman–Crippen LogP) is 3.19. The molecule has 1 saturated carbocycles. The van der Waals surface area contributed by atoms with Crippen molar-refractivity contribution in [3.63, 3.8) is 0 Å². The van der Waals surface area contributed by atoms with Gasteiger partial charge in [-0.15, -0.1) is 11.3 Å². The molecular weight excluding hydrogens is 456 g/mol. The average molecular weight is 489 g/mol. The summed E-state index contributed by atoms with van der Waals surface area (Å²) in [5.41, 5.74) is 0. The molecule has 1 aliphatic carbocycles. The summed E-state index contributed by atoms with van der Waals surface area (Å²) in [6.07, 6.45) is 9.89. The number of thiophene rings is 1. The molecule has 1 heterocycles. The largest absolute Gasteiger partial charge is 0.394 e. The normalized spacial score (nSPS) is 27.2. The van der Waals surface area contributed by atoms with E-state index in [0.29, 0.717) is 25.7 Å². The molecule has 5 N–H and O–H groups in total. The lowest BCUT2D eigenvalue weighted by Gasteiger charge is -2.19. The van der Waals surface area contributed by atoms with Gasteiger partial charge in [0.2, 0.25) is 0 Å². The molecule has 164 valence electrons. The zero-order chi connectivity index (χ0) is 21.2. The van der Waals surface area contributed by atoms with Crippen LogP contribution in [0.25, 0.3) is 0 Å². The van der Waals surface area contributed by atoms with Gasteiger partial charge in [-0.05, 0) is 72.5 Å². The van der Waals surface area contributed by atoms with E-state index in [2.05, 4.69) is 22.0 Å². The molecule has 0 aromatic carbocycles. The lowest BCUT2D eigenvalue weighted by Crippen LogP contribution is -2.20. The van der Waals surface area contributed by atoms with Crippen LogP contribution < -0.4 is 0 Å². The van der Waals surface area contributed by atoms with E-state index >= 15 is 0 Å². The highest BCUT2D eigenvalue weighted by molar-refractivity contribution is 9.11. The van der Waals surface area contributed by atoms with E-state index in [1.54, 1.807) is 17.4 Å². The summed E-state index contributed by atoms with van der Waals surface area (Å²) in [7, 11) is 0. The molecule has 5 nitrogen and oxygen atoms in total. The maximum Gasteiger partial charge on any atom is 0.0771 e. The van der Waals surface area contributed by atoms with Crippen LogP contribution in [-0.4, -0.2) is 56.6 Å². The lowest BCUT2D eigenvalue weighted by molar-refractivity contribution is 0.0868. The molecule has 0 amide bonds. The van der Waals surface area contributed by atoms with Gasteiger partial charge in [0.25, 0.3) is 0 Å². The monoisotopic (exact) mass is 488 g/mol. The molecule has 1 aromatic heterocycles. The van der Waals surface area contributed by atoms with E-state index < -0.39 is 24.4 Å². The van der Waals surface area contributed by atoms with Gasteiger partial charge in [-0.2, -0.15) is 0 Å². The first-order valence-corrected chi connectivity index (χ1v) is 11.9.